The van der Waals surface area contributed by atoms with Crippen LogP contribution in [0.5, 0.6) is 5.75 Å². The summed E-state index contributed by atoms with van der Waals surface area (Å²) < 4.78 is 38.6. The second-order valence-electron chi connectivity index (χ2n) is 5.02. The lowest BCUT2D eigenvalue weighted by Crippen LogP contribution is -2.26. The Hall–Kier alpha value is -2.02. The molecule has 0 saturated heterocycles. The normalized spacial score (nSPS) is 11.3. The number of halogens is 4. The molecule has 122 valence electrons. The minimum absolute atomic E-state index is 0.0526. The van der Waals surface area contributed by atoms with E-state index in [2.05, 4.69) is 15.9 Å². The van der Waals surface area contributed by atoms with Crippen LogP contribution < -0.4 is 0 Å². The maximum atomic E-state index is 12.9. The van der Waals surface area contributed by atoms with E-state index < -0.39 is 17.6 Å². The highest BCUT2D eigenvalue weighted by Gasteiger charge is 2.33. The number of amides is 1. The van der Waals surface area contributed by atoms with Crippen molar-refractivity contribution < 1.29 is 23.1 Å². The summed E-state index contributed by atoms with van der Waals surface area (Å²) in [6.45, 7) is 0.171. The van der Waals surface area contributed by atoms with Gasteiger partial charge in [0.1, 0.15) is 5.75 Å². The summed E-state index contributed by atoms with van der Waals surface area (Å²) in [5, 5.41) is 9.40. The summed E-state index contributed by atoms with van der Waals surface area (Å²) in [6, 6.07) is 9.70. The molecule has 2 rings (SSSR count). The van der Waals surface area contributed by atoms with E-state index in [-0.39, 0.29) is 22.3 Å². The molecule has 0 unspecified atom stereocenters. The number of phenolic OH excluding ortho intramolecular Hbond substituents is 1. The van der Waals surface area contributed by atoms with Gasteiger partial charge in [-0.3, -0.25) is 4.79 Å². The van der Waals surface area contributed by atoms with Crippen molar-refractivity contribution >= 4 is 21.8 Å². The first-order chi connectivity index (χ1) is 10.7. The van der Waals surface area contributed by atoms with Crippen LogP contribution in [0.15, 0.2) is 46.9 Å². The van der Waals surface area contributed by atoms with Crippen molar-refractivity contribution in [3.05, 3.63) is 63.6 Å². The van der Waals surface area contributed by atoms with E-state index in [1.807, 2.05) is 0 Å². The van der Waals surface area contributed by atoms with E-state index in [1.54, 1.807) is 12.1 Å². The standard InChI is InChI=1S/C16H13BrF3NO2/c1-21(9-10-3-2-4-12(22)7-10)15(23)11-5-6-14(17)13(8-11)16(18,19)20/h2-8,22H,9H2,1H3. The van der Waals surface area contributed by atoms with Gasteiger partial charge in [-0.25, -0.2) is 0 Å². The Morgan fingerprint density at radius 1 is 1.22 bits per heavy atom. The van der Waals surface area contributed by atoms with Crippen molar-refractivity contribution in [3.63, 3.8) is 0 Å². The molecule has 0 aliphatic carbocycles. The van der Waals surface area contributed by atoms with Crippen molar-refractivity contribution in [2.45, 2.75) is 12.7 Å². The van der Waals surface area contributed by atoms with Gasteiger partial charge < -0.3 is 10.0 Å². The molecular weight excluding hydrogens is 375 g/mol. The van der Waals surface area contributed by atoms with Crippen molar-refractivity contribution in [2.24, 2.45) is 0 Å². The van der Waals surface area contributed by atoms with Crippen LogP contribution >= 0.6 is 15.9 Å². The minimum atomic E-state index is -4.54. The molecule has 0 spiro atoms. The van der Waals surface area contributed by atoms with Gasteiger partial charge in [0.05, 0.1) is 5.56 Å². The van der Waals surface area contributed by atoms with E-state index in [4.69, 9.17) is 0 Å². The van der Waals surface area contributed by atoms with Crippen LogP contribution in [-0.2, 0) is 12.7 Å². The molecule has 7 heteroatoms. The molecule has 0 heterocycles. The lowest BCUT2D eigenvalue weighted by atomic mass is 10.1. The fourth-order valence-electron chi connectivity index (χ4n) is 2.10. The Morgan fingerprint density at radius 3 is 2.52 bits per heavy atom. The van der Waals surface area contributed by atoms with Crippen molar-refractivity contribution in [2.75, 3.05) is 7.05 Å². The van der Waals surface area contributed by atoms with Crippen molar-refractivity contribution in [1.29, 1.82) is 0 Å². The van der Waals surface area contributed by atoms with Crippen molar-refractivity contribution in [1.82, 2.24) is 4.90 Å². The highest BCUT2D eigenvalue weighted by Crippen LogP contribution is 2.35. The fourth-order valence-corrected chi connectivity index (χ4v) is 2.57. The van der Waals surface area contributed by atoms with Gasteiger partial charge >= 0.3 is 6.18 Å². The van der Waals surface area contributed by atoms with Crippen LogP contribution in [0.25, 0.3) is 0 Å². The molecule has 0 aromatic heterocycles. The van der Waals surface area contributed by atoms with Crippen LogP contribution in [-0.4, -0.2) is 23.0 Å². The minimum Gasteiger partial charge on any atom is -0.508 e. The molecule has 0 aliphatic rings. The molecule has 1 N–H and O–H groups in total. The lowest BCUT2D eigenvalue weighted by Gasteiger charge is -2.18. The van der Waals surface area contributed by atoms with Gasteiger partial charge in [-0.15, -0.1) is 0 Å². The molecule has 0 fully saturated rings. The van der Waals surface area contributed by atoms with Crippen LogP contribution in [0, 0.1) is 0 Å². The number of benzene rings is 2. The first kappa shape index (κ1) is 17.3. The summed E-state index contributed by atoms with van der Waals surface area (Å²) in [6.07, 6.45) is -4.54. The van der Waals surface area contributed by atoms with Crippen LogP contribution in [0.4, 0.5) is 13.2 Å². The van der Waals surface area contributed by atoms with E-state index >= 15 is 0 Å². The Bertz CT molecular complexity index is 732. The fraction of sp³-hybridized carbons (Fsp3) is 0.188. The summed E-state index contributed by atoms with van der Waals surface area (Å²) in [5.41, 5.74) is -0.272. The lowest BCUT2D eigenvalue weighted by molar-refractivity contribution is -0.138. The van der Waals surface area contributed by atoms with Gasteiger partial charge in [0, 0.05) is 23.6 Å². The van der Waals surface area contributed by atoms with Crippen LogP contribution in [0.1, 0.15) is 21.5 Å². The van der Waals surface area contributed by atoms with Gasteiger partial charge in [0.25, 0.3) is 5.91 Å². The van der Waals surface area contributed by atoms with Gasteiger partial charge in [0.15, 0.2) is 0 Å². The SMILES string of the molecule is CN(Cc1cccc(O)c1)C(=O)c1ccc(Br)c(C(F)(F)F)c1. The zero-order valence-corrected chi connectivity index (χ0v) is 13.6. The number of aromatic hydroxyl groups is 1. The maximum absolute atomic E-state index is 12.9. The molecule has 23 heavy (non-hydrogen) atoms. The van der Waals surface area contributed by atoms with Gasteiger partial charge in [0.2, 0.25) is 0 Å². The molecule has 0 aliphatic heterocycles. The molecule has 2 aromatic carbocycles. The number of carbonyl (C=O) groups is 1. The van der Waals surface area contributed by atoms with Crippen molar-refractivity contribution in [3.8, 4) is 5.75 Å². The predicted octanol–water partition coefficient (Wildman–Crippen LogP) is 4.45. The molecule has 0 bridgehead atoms. The third-order valence-electron chi connectivity index (χ3n) is 3.20. The van der Waals surface area contributed by atoms with Gasteiger partial charge in [-0.05, 0) is 35.9 Å². The monoisotopic (exact) mass is 387 g/mol. The van der Waals surface area contributed by atoms with E-state index in [0.29, 0.717) is 5.56 Å². The largest absolute Gasteiger partial charge is 0.508 e. The second kappa shape index (κ2) is 6.62. The van der Waals surface area contributed by atoms with Crippen LogP contribution in [0.2, 0.25) is 0 Å². The number of carbonyl (C=O) groups excluding carboxylic acids is 1. The van der Waals surface area contributed by atoms with Crippen LogP contribution in [0.3, 0.4) is 0 Å². The Morgan fingerprint density at radius 2 is 1.91 bits per heavy atom. The number of hydrogen-bond donors (Lipinski definition) is 1. The number of hydrogen-bond acceptors (Lipinski definition) is 2. The zero-order chi connectivity index (χ0) is 17.2. The average Bonchev–Trinajstić information content (AvgIpc) is 2.45. The first-order valence-electron chi connectivity index (χ1n) is 6.58. The maximum Gasteiger partial charge on any atom is 0.417 e. The number of nitrogens with zero attached hydrogens (tertiary/aromatic N) is 1. The van der Waals surface area contributed by atoms with Gasteiger partial charge in [-0.1, -0.05) is 28.1 Å². The second-order valence-corrected chi connectivity index (χ2v) is 5.88. The molecular formula is C16H13BrF3NO2. The molecule has 0 radical (unpaired) electrons. The number of phenols is 1. The molecule has 2 aromatic rings. The number of alkyl halides is 3. The summed E-state index contributed by atoms with van der Waals surface area (Å²) in [4.78, 5) is 13.6. The Balaban J connectivity index is 2.23. The quantitative estimate of drug-likeness (QED) is 0.845. The smallest absolute Gasteiger partial charge is 0.417 e. The highest BCUT2D eigenvalue weighted by atomic mass is 79.9. The topological polar surface area (TPSA) is 40.5 Å². The Labute approximate surface area is 139 Å². The van der Waals surface area contributed by atoms with Gasteiger partial charge in [-0.2, -0.15) is 13.2 Å². The Kier molecular flexibility index (Phi) is 4.99. The molecule has 1 amide bonds. The molecule has 0 saturated carbocycles. The summed E-state index contributed by atoms with van der Waals surface area (Å²) in [5.74, 6) is -0.474. The highest BCUT2D eigenvalue weighted by molar-refractivity contribution is 9.10. The van der Waals surface area contributed by atoms with E-state index in [0.717, 1.165) is 6.07 Å². The summed E-state index contributed by atoms with van der Waals surface area (Å²) in [7, 11) is 1.49. The molecule has 3 nitrogen and oxygen atoms in total. The number of rotatable bonds is 3. The summed E-state index contributed by atoms with van der Waals surface area (Å²) >= 11 is 2.84. The zero-order valence-electron chi connectivity index (χ0n) is 12.1. The predicted molar refractivity (Wildman–Crippen MR) is 83.0 cm³/mol. The molecule has 0 atom stereocenters. The third kappa shape index (κ3) is 4.25. The third-order valence-corrected chi connectivity index (χ3v) is 3.89. The average molecular weight is 388 g/mol. The van der Waals surface area contributed by atoms with E-state index in [9.17, 15) is 23.1 Å². The first-order valence-corrected chi connectivity index (χ1v) is 7.38. The van der Waals surface area contributed by atoms with E-state index in [1.165, 1.54) is 36.2 Å².